The summed E-state index contributed by atoms with van der Waals surface area (Å²) >= 11 is 6.10. The molecule has 2 heterocycles. The summed E-state index contributed by atoms with van der Waals surface area (Å²) in [6.07, 6.45) is 4.31. The van der Waals surface area contributed by atoms with Gasteiger partial charge < -0.3 is 10.6 Å². The van der Waals surface area contributed by atoms with Crippen molar-refractivity contribution in [3.8, 4) is 0 Å². The summed E-state index contributed by atoms with van der Waals surface area (Å²) in [4.78, 5) is 9.27. The van der Waals surface area contributed by atoms with E-state index in [0.717, 1.165) is 56.3 Å². The van der Waals surface area contributed by atoms with Gasteiger partial charge in [-0.3, -0.25) is 4.90 Å². The Hall–Kier alpha value is -2.57. The average Bonchev–Trinajstić information content (AvgIpc) is 3.24. The quantitative estimate of drug-likeness (QED) is 0.540. The first kappa shape index (κ1) is 21.7. The predicted molar refractivity (Wildman–Crippen MR) is 127 cm³/mol. The van der Waals surface area contributed by atoms with Crippen molar-refractivity contribution >= 4 is 23.5 Å². The van der Waals surface area contributed by atoms with Crippen LogP contribution in [-0.2, 0) is 13.0 Å². The van der Waals surface area contributed by atoms with Crippen LogP contribution in [0.15, 0.2) is 54.6 Å². The summed E-state index contributed by atoms with van der Waals surface area (Å²) in [7, 11) is 0. The van der Waals surface area contributed by atoms with Gasteiger partial charge in [0, 0.05) is 36.7 Å². The van der Waals surface area contributed by atoms with Gasteiger partial charge in [0.15, 0.2) is 0 Å². The number of benzene rings is 2. The molecule has 3 N–H and O–H groups in total. The number of hydrogen-bond acceptors (Lipinski definition) is 5. The Kier molecular flexibility index (Phi) is 7.10. The summed E-state index contributed by atoms with van der Waals surface area (Å²) in [5.74, 6) is 1.08. The molecule has 3 aromatic rings. The molecule has 0 saturated carbocycles. The van der Waals surface area contributed by atoms with Crippen molar-refractivity contribution in [1.29, 1.82) is 0 Å². The summed E-state index contributed by atoms with van der Waals surface area (Å²) in [6.45, 7) is 5.15. The van der Waals surface area contributed by atoms with Crippen molar-refractivity contribution in [3.05, 3.63) is 70.7 Å². The van der Waals surface area contributed by atoms with Crippen LogP contribution >= 0.6 is 11.6 Å². The maximum atomic E-state index is 6.10. The molecule has 6 nitrogen and oxygen atoms in total. The van der Waals surface area contributed by atoms with E-state index in [4.69, 9.17) is 17.3 Å². The fourth-order valence-corrected chi connectivity index (χ4v) is 4.68. The molecule has 1 fully saturated rings. The highest BCUT2D eigenvalue weighted by Gasteiger charge is 2.30. The van der Waals surface area contributed by atoms with Crippen LogP contribution in [0.5, 0.6) is 0 Å². The predicted octanol–water partition coefficient (Wildman–Crippen LogP) is 4.53. The lowest BCUT2D eigenvalue weighted by Gasteiger charge is -2.42. The Balaban J connectivity index is 1.50. The fourth-order valence-electron chi connectivity index (χ4n) is 4.56. The molecule has 1 saturated heterocycles. The molecule has 0 aliphatic carbocycles. The van der Waals surface area contributed by atoms with E-state index in [0.29, 0.717) is 18.0 Å². The lowest BCUT2D eigenvalue weighted by atomic mass is 9.95. The molecule has 0 spiro atoms. The SMILES string of the molecule is CCC(Cc1ccc(Cl)cc1)N(Cc1ccccc1)C1CCN(c2nc(N)n[nH]2)CC1. The lowest BCUT2D eigenvalue weighted by Crippen LogP contribution is -2.49. The van der Waals surface area contributed by atoms with Crippen LogP contribution in [0.2, 0.25) is 5.02 Å². The molecule has 2 aromatic carbocycles. The van der Waals surface area contributed by atoms with Crippen LogP contribution in [0.3, 0.4) is 0 Å². The Morgan fingerprint density at radius 2 is 1.81 bits per heavy atom. The Labute approximate surface area is 189 Å². The molecule has 7 heteroatoms. The highest BCUT2D eigenvalue weighted by molar-refractivity contribution is 6.30. The van der Waals surface area contributed by atoms with Crippen LogP contribution in [-0.4, -0.2) is 45.3 Å². The minimum atomic E-state index is 0.303. The average molecular weight is 439 g/mol. The monoisotopic (exact) mass is 438 g/mol. The number of halogens is 1. The Morgan fingerprint density at radius 1 is 1.10 bits per heavy atom. The Morgan fingerprint density at radius 3 is 2.42 bits per heavy atom. The zero-order chi connectivity index (χ0) is 21.6. The number of H-pyrrole nitrogens is 1. The standard InChI is InChI=1S/C24H31ClN6/c1-2-21(16-18-8-10-20(25)11-9-18)31(17-19-6-4-3-5-7-19)22-12-14-30(15-13-22)24-27-23(26)28-29-24/h3-11,21-22H,2,12-17H2,1H3,(H3,26,27,28,29). The van der Waals surface area contributed by atoms with Crippen molar-refractivity contribution in [2.24, 2.45) is 0 Å². The highest BCUT2D eigenvalue weighted by Crippen LogP contribution is 2.26. The van der Waals surface area contributed by atoms with Crippen LogP contribution in [0.25, 0.3) is 0 Å². The molecule has 1 atom stereocenters. The molecular weight excluding hydrogens is 408 g/mol. The zero-order valence-corrected chi connectivity index (χ0v) is 18.8. The zero-order valence-electron chi connectivity index (χ0n) is 18.0. The number of rotatable bonds is 8. The number of aromatic amines is 1. The third-order valence-electron chi connectivity index (χ3n) is 6.26. The van der Waals surface area contributed by atoms with E-state index in [-0.39, 0.29) is 0 Å². The normalized spacial score (nSPS) is 16.0. The van der Waals surface area contributed by atoms with Crippen molar-refractivity contribution in [2.45, 2.75) is 51.2 Å². The molecule has 0 bridgehead atoms. The maximum Gasteiger partial charge on any atom is 0.241 e. The van der Waals surface area contributed by atoms with Crippen molar-refractivity contribution in [1.82, 2.24) is 20.1 Å². The first-order chi connectivity index (χ1) is 15.1. The van der Waals surface area contributed by atoms with Gasteiger partial charge in [-0.25, -0.2) is 5.10 Å². The van der Waals surface area contributed by atoms with Gasteiger partial charge in [-0.2, -0.15) is 4.98 Å². The number of hydrogen-bond donors (Lipinski definition) is 2. The van der Waals surface area contributed by atoms with Gasteiger partial charge in [0.05, 0.1) is 0 Å². The Bertz CT molecular complexity index is 934. The topological polar surface area (TPSA) is 74.1 Å². The summed E-state index contributed by atoms with van der Waals surface area (Å²) in [6, 6.07) is 20.1. The third-order valence-corrected chi connectivity index (χ3v) is 6.51. The smallest absolute Gasteiger partial charge is 0.241 e. The maximum absolute atomic E-state index is 6.10. The minimum absolute atomic E-state index is 0.303. The second-order valence-electron chi connectivity index (χ2n) is 8.29. The van der Waals surface area contributed by atoms with Gasteiger partial charge >= 0.3 is 0 Å². The van der Waals surface area contributed by atoms with Crippen LogP contribution < -0.4 is 10.6 Å². The van der Waals surface area contributed by atoms with E-state index in [2.05, 4.69) is 74.4 Å². The molecular formula is C24H31ClN6. The molecule has 0 radical (unpaired) electrons. The van der Waals surface area contributed by atoms with Gasteiger partial charge in [0.2, 0.25) is 11.9 Å². The van der Waals surface area contributed by atoms with Gasteiger partial charge in [0.1, 0.15) is 0 Å². The number of nitrogen functional groups attached to an aromatic ring is 1. The van der Waals surface area contributed by atoms with Crippen molar-refractivity contribution in [3.63, 3.8) is 0 Å². The molecule has 1 aliphatic heterocycles. The van der Waals surface area contributed by atoms with Gasteiger partial charge in [-0.1, -0.05) is 61.0 Å². The summed E-state index contributed by atoms with van der Waals surface area (Å²) < 4.78 is 0. The summed E-state index contributed by atoms with van der Waals surface area (Å²) in [5.41, 5.74) is 8.39. The van der Waals surface area contributed by atoms with Crippen molar-refractivity contribution < 1.29 is 0 Å². The van der Waals surface area contributed by atoms with Gasteiger partial charge in [-0.15, -0.1) is 5.10 Å². The fraction of sp³-hybridized carbons (Fsp3) is 0.417. The number of aromatic nitrogens is 3. The van der Waals surface area contributed by atoms with E-state index in [1.54, 1.807) is 0 Å². The number of piperidine rings is 1. The number of nitrogens with zero attached hydrogens (tertiary/aromatic N) is 4. The van der Waals surface area contributed by atoms with Crippen LogP contribution in [0.1, 0.15) is 37.3 Å². The number of anilines is 2. The second-order valence-corrected chi connectivity index (χ2v) is 8.72. The first-order valence-corrected chi connectivity index (χ1v) is 11.5. The molecule has 1 aromatic heterocycles. The van der Waals surface area contributed by atoms with E-state index >= 15 is 0 Å². The third kappa shape index (κ3) is 5.57. The molecule has 1 aliphatic rings. The van der Waals surface area contributed by atoms with E-state index in [9.17, 15) is 0 Å². The highest BCUT2D eigenvalue weighted by atomic mass is 35.5. The lowest BCUT2D eigenvalue weighted by molar-refractivity contribution is 0.100. The van der Waals surface area contributed by atoms with Crippen LogP contribution in [0.4, 0.5) is 11.9 Å². The van der Waals surface area contributed by atoms with E-state index in [1.807, 2.05) is 12.1 Å². The molecule has 31 heavy (non-hydrogen) atoms. The minimum Gasteiger partial charge on any atom is -0.366 e. The first-order valence-electron chi connectivity index (χ1n) is 11.1. The molecule has 0 amide bonds. The van der Waals surface area contributed by atoms with E-state index < -0.39 is 0 Å². The molecule has 4 rings (SSSR count). The number of nitrogens with two attached hydrogens (primary N) is 1. The van der Waals surface area contributed by atoms with Crippen molar-refractivity contribution in [2.75, 3.05) is 23.7 Å². The van der Waals surface area contributed by atoms with Gasteiger partial charge in [-0.05, 0) is 48.9 Å². The van der Waals surface area contributed by atoms with Crippen LogP contribution in [0, 0.1) is 0 Å². The molecule has 1 unspecified atom stereocenters. The summed E-state index contributed by atoms with van der Waals surface area (Å²) in [5, 5.41) is 7.71. The van der Waals surface area contributed by atoms with E-state index in [1.165, 1.54) is 11.1 Å². The largest absolute Gasteiger partial charge is 0.366 e. The van der Waals surface area contributed by atoms with Gasteiger partial charge in [0.25, 0.3) is 0 Å². The second kappa shape index (κ2) is 10.2. The number of nitrogens with one attached hydrogen (secondary N) is 1. The molecule has 164 valence electrons.